The van der Waals surface area contributed by atoms with Crippen LogP contribution in [0.2, 0.25) is 0 Å². The van der Waals surface area contributed by atoms with E-state index < -0.39 is 51.7 Å². The topological polar surface area (TPSA) is 206 Å². The van der Waals surface area contributed by atoms with Gasteiger partial charge in [-0.1, -0.05) is 29.8 Å². The van der Waals surface area contributed by atoms with Crippen LogP contribution in [0, 0.1) is 17.0 Å². The van der Waals surface area contributed by atoms with Gasteiger partial charge in [-0.2, -0.15) is 0 Å². The number of nitrogens with zero attached hydrogens (tertiary/aromatic N) is 2. The lowest BCUT2D eigenvalue weighted by Crippen LogP contribution is -2.51. The highest BCUT2D eigenvalue weighted by atomic mass is 32.2. The van der Waals surface area contributed by atoms with Gasteiger partial charge in [-0.15, -0.1) is 0 Å². The van der Waals surface area contributed by atoms with Gasteiger partial charge in [0, 0.05) is 12.1 Å². The van der Waals surface area contributed by atoms with Crippen LogP contribution < -0.4 is 21.1 Å². The molecule has 0 radical (unpaired) electrons. The van der Waals surface area contributed by atoms with Crippen molar-refractivity contribution >= 4 is 39.2 Å². The first-order valence-electron chi connectivity index (χ1n) is 9.81. The number of aliphatic hydroxyl groups is 1. The minimum Gasteiger partial charge on any atom is -0.394 e. The van der Waals surface area contributed by atoms with Crippen molar-refractivity contribution in [1.29, 1.82) is 0 Å². The summed E-state index contributed by atoms with van der Waals surface area (Å²) in [6.07, 6.45) is 0. The summed E-state index contributed by atoms with van der Waals surface area (Å²) in [6.45, 7) is 0.444. The maximum absolute atomic E-state index is 12.3. The second-order valence-electron chi connectivity index (χ2n) is 7.14. The molecule has 0 aliphatic carbocycles. The molecule has 0 spiro atoms. The van der Waals surface area contributed by atoms with Crippen LogP contribution in [0.3, 0.4) is 0 Å². The van der Waals surface area contributed by atoms with Gasteiger partial charge in [-0.05, 0) is 24.6 Å². The highest BCUT2D eigenvalue weighted by molar-refractivity contribution is 7.88. The number of carbonyl (C=O) groups is 2. The number of aliphatic hydroxyl groups excluding tert-OH is 1. The van der Waals surface area contributed by atoms with Crippen LogP contribution in [0.4, 0.5) is 11.4 Å². The van der Waals surface area contributed by atoms with Crippen molar-refractivity contribution in [2.45, 2.75) is 18.7 Å². The molecule has 14 heteroatoms. The third-order valence-corrected chi connectivity index (χ3v) is 5.63. The zero-order valence-electron chi connectivity index (χ0n) is 18.1. The smallest absolute Gasteiger partial charge is 0.269 e. The second kappa shape index (κ2) is 11.8. The molecule has 13 nitrogen and oxygen atoms in total. The highest BCUT2D eigenvalue weighted by Gasteiger charge is 2.25. The molecule has 2 amide bonds. The highest BCUT2D eigenvalue weighted by Crippen LogP contribution is 2.15. The van der Waals surface area contributed by atoms with Gasteiger partial charge in [0.1, 0.15) is 6.04 Å². The molecule has 0 fully saturated rings. The number of nitrogens with one attached hydrogen (secondary N) is 3. The summed E-state index contributed by atoms with van der Waals surface area (Å²) in [5, 5.41) is 24.7. The predicted molar refractivity (Wildman–Crippen MR) is 123 cm³/mol. The number of rotatable bonds is 10. The van der Waals surface area contributed by atoms with Crippen LogP contribution in [0.15, 0.2) is 53.5 Å². The van der Waals surface area contributed by atoms with Gasteiger partial charge in [0.15, 0.2) is 0 Å². The SMILES string of the molecule is Cc1ccc(N=C(N)NC(=O)CNC(=O)[C@H](CO)NS(=O)(=O)Cc2cccc([N+](=O)[O-])c2)cc1. The summed E-state index contributed by atoms with van der Waals surface area (Å²) in [7, 11) is -4.16. The Kier molecular flexibility index (Phi) is 9.18. The lowest BCUT2D eigenvalue weighted by molar-refractivity contribution is -0.384. The largest absolute Gasteiger partial charge is 0.394 e. The minimum absolute atomic E-state index is 0.113. The van der Waals surface area contributed by atoms with E-state index in [2.05, 4.69) is 15.6 Å². The normalized spacial score (nSPS) is 12.6. The maximum Gasteiger partial charge on any atom is 0.269 e. The quantitative estimate of drug-likeness (QED) is 0.127. The van der Waals surface area contributed by atoms with Gasteiger partial charge in [0.25, 0.3) is 5.69 Å². The fraction of sp³-hybridized carbons (Fsp3) is 0.250. The van der Waals surface area contributed by atoms with E-state index in [-0.39, 0.29) is 17.2 Å². The first-order chi connectivity index (χ1) is 16.0. The molecule has 0 unspecified atom stereocenters. The Labute approximate surface area is 195 Å². The minimum atomic E-state index is -4.16. The van der Waals surface area contributed by atoms with Crippen molar-refractivity contribution in [3.8, 4) is 0 Å². The molecule has 1 atom stereocenters. The van der Waals surface area contributed by atoms with Gasteiger partial charge in [-0.25, -0.2) is 18.1 Å². The van der Waals surface area contributed by atoms with Crippen LogP contribution in [0.1, 0.15) is 11.1 Å². The third kappa shape index (κ3) is 8.57. The molecule has 0 bridgehead atoms. The van der Waals surface area contributed by atoms with Gasteiger partial charge >= 0.3 is 0 Å². The van der Waals surface area contributed by atoms with Gasteiger partial charge in [0.05, 0.1) is 29.5 Å². The first-order valence-corrected chi connectivity index (χ1v) is 11.5. The number of nitrogens with two attached hydrogens (primary N) is 1. The molecule has 2 aromatic rings. The number of sulfonamides is 1. The Morgan fingerprint density at radius 1 is 1.21 bits per heavy atom. The summed E-state index contributed by atoms with van der Waals surface area (Å²) < 4.78 is 26.7. The Morgan fingerprint density at radius 2 is 1.88 bits per heavy atom. The molecule has 0 saturated heterocycles. The number of aryl methyl sites for hydroxylation is 1. The number of carbonyl (C=O) groups excluding carboxylic acids is 2. The number of hydrogen-bond acceptors (Lipinski definition) is 8. The summed E-state index contributed by atoms with van der Waals surface area (Å²) in [5.74, 6) is -2.56. The van der Waals surface area contributed by atoms with Gasteiger partial charge in [0.2, 0.25) is 27.8 Å². The Balaban J connectivity index is 1.90. The average molecular weight is 493 g/mol. The summed E-state index contributed by atoms with van der Waals surface area (Å²) >= 11 is 0. The molecule has 0 saturated carbocycles. The summed E-state index contributed by atoms with van der Waals surface area (Å²) in [5.41, 5.74) is 7.00. The fourth-order valence-electron chi connectivity index (χ4n) is 2.68. The summed E-state index contributed by atoms with van der Waals surface area (Å²) in [4.78, 5) is 38.4. The molecule has 34 heavy (non-hydrogen) atoms. The first kappa shape index (κ1) is 26.4. The third-order valence-electron chi connectivity index (χ3n) is 4.27. The zero-order chi connectivity index (χ0) is 25.3. The number of benzene rings is 2. The van der Waals surface area contributed by atoms with Gasteiger partial charge in [-0.3, -0.25) is 25.0 Å². The number of aliphatic imine (C=N–C) groups is 1. The number of nitro groups is 1. The number of non-ortho nitro benzene ring substituents is 1. The van der Waals surface area contributed by atoms with Crippen LogP contribution in [0.25, 0.3) is 0 Å². The lowest BCUT2D eigenvalue weighted by atomic mass is 10.2. The summed E-state index contributed by atoms with van der Waals surface area (Å²) in [6, 6.07) is 10.4. The van der Waals surface area contributed by atoms with Crippen molar-refractivity contribution < 1.29 is 28.0 Å². The molecular formula is C20H24N6O7S. The van der Waals surface area contributed by atoms with Crippen molar-refractivity contribution in [1.82, 2.24) is 15.4 Å². The van der Waals surface area contributed by atoms with Crippen molar-refractivity contribution in [3.63, 3.8) is 0 Å². The molecule has 2 rings (SSSR count). The molecule has 0 heterocycles. The molecule has 6 N–H and O–H groups in total. The second-order valence-corrected chi connectivity index (χ2v) is 8.89. The van der Waals surface area contributed by atoms with E-state index in [1.807, 2.05) is 23.8 Å². The molecule has 0 aliphatic heterocycles. The van der Waals surface area contributed by atoms with E-state index in [1.165, 1.54) is 18.2 Å². The van der Waals surface area contributed by atoms with Crippen LogP contribution in [0.5, 0.6) is 0 Å². The van der Waals surface area contributed by atoms with E-state index in [4.69, 9.17) is 5.73 Å². The van der Waals surface area contributed by atoms with E-state index in [0.29, 0.717) is 5.69 Å². The van der Waals surface area contributed by atoms with Crippen molar-refractivity contribution in [2.75, 3.05) is 13.2 Å². The van der Waals surface area contributed by atoms with E-state index in [9.17, 15) is 33.2 Å². The number of hydrogen-bond donors (Lipinski definition) is 5. The van der Waals surface area contributed by atoms with E-state index in [1.54, 1.807) is 12.1 Å². The lowest BCUT2D eigenvalue weighted by Gasteiger charge is -2.16. The standard InChI is InChI=1S/C20H24N6O7S/c1-13-5-7-15(8-6-13)23-20(21)24-18(28)10-22-19(29)17(11-27)25-34(32,33)12-14-3-2-4-16(9-14)26(30)31/h2-9,17,25,27H,10-12H2,1H3,(H,22,29)(H3,21,23,24,28)/t17-/m0/s1. The van der Waals surface area contributed by atoms with Crippen molar-refractivity contribution in [2.24, 2.45) is 10.7 Å². The average Bonchev–Trinajstić information content (AvgIpc) is 2.77. The Hall–Kier alpha value is -3.88. The number of amides is 2. The fourth-order valence-corrected chi connectivity index (χ4v) is 3.99. The Morgan fingerprint density at radius 3 is 2.50 bits per heavy atom. The van der Waals surface area contributed by atoms with Crippen molar-refractivity contribution in [3.05, 3.63) is 69.8 Å². The van der Waals surface area contributed by atoms with Crippen LogP contribution in [-0.2, 0) is 25.4 Å². The molecule has 182 valence electrons. The van der Waals surface area contributed by atoms with E-state index in [0.717, 1.165) is 11.6 Å². The molecule has 0 aromatic heterocycles. The number of guanidine groups is 1. The van der Waals surface area contributed by atoms with Crippen LogP contribution in [-0.4, -0.2) is 55.4 Å². The number of nitro benzene ring substituents is 1. The Bertz CT molecular complexity index is 1180. The van der Waals surface area contributed by atoms with E-state index >= 15 is 0 Å². The maximum atomic E-state index is 12.3. The zero-order valence-corrected chi connectivity index (χ0v) is 18.9. The molecule has 0 aliphatic rings. The monoisotopic (exact) mass is 492 g/mol. The molecule has 2 aromatic carbocycles. The van der Waals surface area contributed by atoms with Crippen LogP contribution >= 0.6 is 0 Å². The molecular weight excluding hydrogens is 468 g/mol. The predicted octanol–water partition coefficient (Wildman–Crippen LogP) is -0.438. The van der Waals surface area contributed by atoms with Gasteiger partial charge < -0.3 is 16.2 Å².